The van der Waals surface area contributed by atoms with Crippen LogP contribution < -0.4 is 5.73 Å². The first-order chi connectivity index (χ1) is 7.29. The van der Waals surface area contributed by atoms with E-state index < -0.39 is 0 Å². The topological polar surface area (TPSA) is 46.2 Å². The zero-order valence-electron chi connectivity index (χ0n) is 8.61. The molecular weight excluding hydrogens is 186 g/mol. The van der Waals surface area contributed by atoms with Gasteiger partial charge in [0.25, 0.3) is 0 Å². The molecule has 3 aliphatic rings. The Labute approximate surface area is 89.5 Å². The third-order valence-electron chi connectivity index (χ3n) is 3.60. The van der Waals surface area contributed by atoms with Gasteiger partial charge in [0, 0.05) is 11.6 Å². The van der Waals surface area contributed by atoms with Crippen LogP contribution >= 0.6 is 0 Å². The zero-order valence-corrected chi connectivity index (χ0v) is 8.61. The molecule has 0 aromatic carbocycles. The van der Waals surface area contributed by atoms with E-state index in [0.29, 0.717) is 0 Å². The van der Waals surface area contributed by atoms with E-state index in [9.17, 15) is 5.11 Å². The van der Waals surface area contributed by atoms with E-state index in [1.165, 1.54) is 11.1 Å². The Morgan fingerprint density at radius 2 is 2.13 bits per heavy atom. The molecule has 0 amide bonds. The summed E-state index contributed by atoms with van der Waals surface area (Å²) in [5.41, 5.74) is 10.5. The SMILES string of the molecule is NC1=C2C3=C(C=CCC3)C(O)[C@H]2CC=C1. The summed E-state index contributed by atoms with van der Waals surface area (Å²) in [6, 6.07) is 0. The van der Waals surface area contributed by atoms with E-state index in [1.54, 1.807) is 0 Å². The highest BCUT2D eigenvalue weighted by molar-refractivity contribution is 5.56. The van der Waals surface area contributed by atoms with E-state index in [0.717, 1.165) is 30.5 Å². The van der Waals surface area contributed by atoms with Crippen molar-refractivity contribution in [3.63, 3.8) is 0 Å². The van der Waals surface area contributed by atoms with E-state index in [-0.39, 0.29) is 12.0 Å². The lowest BCUT2D eigenvalue weighted by molar-refractivity contribution is 0.173. The Morgan fingerprint density at radius 1 is 1.27 bits per heavy atom. The van der Waals surface area contributed by atoms with Gasteiger partial charge >= 0.3 is 0 Å². The Kier molecular flexibility index (Phi) is 1.86. The van der Waals surface area contributed by atoms with Crippen molar-refractivity contribution in [3.8, 4) is 0 Å². The van der Waals surface area contributed by atoms with Crippen LogP contribution in [0.3, 0.4) is 0 Å². The molecule has 0 spiro atoms. The van der Waals surface area contributed by atoms with E-state index in [1.807, 2.05) is 6.08 Å². The maximum absolute atomic E-state index is 10.2. The molecule has 0 heterocycles. The molecule has 0 aliphatic heterocycles. The van der Waals surface area contributed by atoms with Gasteiger partial charge < -0.3 is 10.8 Å². The predicted octanol–water partition coefficient (Wildman–Crippen LogP) is 1.80. The van der Waals surface area contributed by atoms with Gasteiger partial charge in [0.1, 0.15) is 0 Å². The highest BCUT2D eigenvalue weighted by atomic mass is 16.3. The molecule has 0 bridgehead atoms. The van der Waals surface area contributed by atoms with Crippen molar-refractivity contribution in [3.05, 3.63) is 46.7 Å². The van der Waals surface area contributed by atoms with Crippen LogP contribution in [0, 0.1) is 5.92 Å². The third kappa shape index (κ3) is 1.15. The van der Waals surface area contributed by atoms with Gasteiger partial charge in [-0.25, -0.2) is 0 Å². The number of aliphatic hydroxyl groups excluding tert-OH is 1. The predicted molar refractivity (Wildman–Crippen MR) is 59.9 cm³/mol. The fourth-order valence-corrected chi connectivity index (χ4v) is 2.92. The van der Waals surface area contributed by atoms with Crippen LogP contribution in [0.1, 0.15) is 19.3 Å². The minimum atomic E-state index is -0.338. The molecule has 2 heteroatoms. The maximum atomic E-state index is 10.2. The maximum Gasteiger partial charge on any atom is 0.0865 e. The Hall–Kier alpha value is -1.28. The smallest absolute Gasteiger partial charge is 0.0865 e. The molecule has 0 aromatic heterocycles. The number of hydrogen-bond acceptors (Lipinski definition) is 2. The summed E-state index contributed by atoms with van der Waals surface area (Å²) < 4.78 is 0. The molecule has 3 N–H and O–H groups in total. The van der Waals surface area contributed by atoms with Crippen LogP contribution in [-0.4, -0.2) is 11.2 Å². The molecule has 0 radical (unpaired) electrons. The summed E-state index contributed by atoms with van der Waals surface area (Å²) in [5, 5.41) is 10.2. The second kappa shape index (κ2) is 3.11. The highest BCUT2D eigenvalue weighted by Gasteiger charge is 2.38. The standard InChI is InChI=1S/C13H15NO/c14-11-7-3-6-10-12(11)8-4-1-2-5-9(8)13(10)15/h2-3,5,7,10,13,15H,1,4,6,14H2/t10-,13?/m0/s1. The fraction of sp³-hybridized carbons (Fsp3) is 0.385. The number of allylic oxidation sites excluding steroid dienone is 4. The van der Waals surface area contributed by atoms with Gasteiger partial charge in [-0.05, 0) is 42.1 Å². The van der Waals surface area contributed by atoms with Crippen LogP contribution in [0.15, 0.2) is 46.7 Å². The Bertz CT molecular complexity index is 426. The van der Waals surface area contributed by atoms with Gasteiger partial charge in [0.2, 0.25) is 0 Å². The largest absolute Gasteiger partial charge is 0.398 e. The Morgan fingerprint density at radius 3 is 3.00 bits per heavy atom. The van der Waals surface area contributed by atoms with Gasteiger partial charge in [0.05, 0.1) is 6.10 Å². The normalized spacial score (nSPS) is 33.4. The van der Waals surface area contributed by atoms with Gasteiger partial charge in [-0.2, -0.15) is 0 Å². The molecule has 2 nitrogen and oxygen atoms in total. The summed E-state index contributed by atoms with van der Waals surface area (Å²) in [6.45, 7) is 0. The molecule has 15 heavy (non-hydrogen) atoms. The first-order valence-corrected chi connectivity index (χ1v) is 5.53. The summed E-state index contributed by atoms with van der Waals surface area (Å²) in [5.74, 6) is 0.211. The molecule has 3 aliphatic carbocycles. The first kappa shape index (κ1) is 8.98. The lowest BCUT2D eigenvalue weighted by Crippen LogP contribution is -2.20. The second-order valence-corrected chi connectivity index (χ2v) is 4.43. The number of aliphatic hydroxyl groups is 1. The molecule has 1 unspecified atom stereocenters. The van der Waals surface area contributed by atoms with Gasteiger partial charge in [-0.1, -0.05) is 18.2 Å². The average molecular weight is 201 g/mol. The van der Waals surface area contributed by atoms with Crippen LogP contribution in [0.4, 0.5) is 0 Å². The van der Waals surface area contributed by atoms with Crippen molar-refractivity contribution in [1.82, 2.24) is 0 Å². The molecule has 0 saturated carbocycles. The van der Waals surface area contributed by atoms with Crippen molar-refractivity contribution < 1.29 is 5.11 Å². The quantitative estimate of drug-likeness (QED) is 0.627. The minimum absolute atomic E-state index is 0.211. The van der Waals surface area contributed by atoms with E-state index >= 15 is 0 Å². The average Bonchev–Trinajstić information content (AvgIpc) is 2.55. The van der Waals surface area contributed by atoms with Crippen LogP contribution in [0.25, 0.3) is 0 Å². The molecular formula is C13H15NO. The second-order valence-electron chi connectivity index (χ2n) is 4.43. The number of hydrogen-bond donors (Lipinski definition) is 2. The van der Waals surface area contributed by atoms with Crippen LogP contribution in [0.5, 0.6) is 0 Å². The fourth-order valence-electron chi connectivity index (χ4n) is 2.92. The van der Waals surface area contributed by atoms with E-state index in [2.05, 4.69) is 18.2 Å². The third-order valence-corrected chi connectivity index (χ3v) is 3.60. The molecule has 3 rings (SSSR count). The summed E-state index contributed by atoms with van der Waals surface area (Å²) in [6.07, 6.45) is 10.9. The Balaban J connectivity index is 2.16. The first-order valence-electron chi connectivity index (χ1n) is 5.53. The zero-order chi connectivity index (χ0) is 10.4. The van der Waals surface area contributed by atoms with Gasteiger partial charge in [-0.15, -0.1) is 0 Å². The number of fused-ring (bicyclic) bond motifs is 2. The monoisotopic (exact) mass is 201 g/mol. The lowest BCUT2D eigenvalue weighted by atomic mass is 9.87. The molecule has 0 saturated heterocycles. The molecule has 0 aromatic rings. The van der Waals surface area contributed by atoms with E-state index in [4.69, 9.17) is 5.73 Å². The number of rotatable bonds is 0. The molecule has 78 valence electrons. The number of nitrogens with two attached hydrogens (primary N) is 1. The van der Waals surface area contributed by atoms with Gasteiger partial charge in [-0.3, -0.25) is 0 Å². The van der Waals surface area contributed by atoms with Crippen molar-refractivity contribution >= 4 is 0 Å². The van der Waals surface area contributed by atoms with Crippen molar-refractivity contribution in [1.29, 1.82) is 0 Å². The highest BCUT2D eigenvalue weighted by Crippen LogP contribution is 2.45. The van der Waals surface area contributed by atoms with Crippen LogP contribution in [0.2, 0.25) is 0 Å². The minimum Gasteiger partial charge on any atom is -0.398 e. The van der Waals surface area contributed by atoms with Crippen molar-refractivity contribution in [2.24, 2.45) is 11.7 Å². The van der Waals surface area contributed by atoms with Crippen molar-refractivity contribution in [2.75, 3.05) is 0 Å². The summed E-state index contributed by atoms with van der Waals surface area (Å²) in [7, 11) is 0. The van der Waals surface area contributed by atoms with Gasteiger partial charge in [0.15, 0.2) is 0 Å². The summed E-state index contributed by atoms with van der Waals surface area (Å²) in [4.78, 5) is 0. The lowest BCUT2D eigenvalue weighted by Gasteiger charge is -2.21. The van der Waals surface area contributed by atoms with Crippen molar-refractivity contribution in [2.45, 2.75) is 25.4 Å². The van der Waals surface area contributed by atoms with Crippen LogP contribution in [-0.2, 0) is 0 Å². The molecule has 2 atom stereocenters. The molecule has 0 fully saturated rings. The summed E-state index contributed by atoms with van der Waals surface area (Å²) >= 11 is 0.